The molecule has 2 aliphatic carbocycles. The Hall–Kier alpha value is -4.25. The fourth-order valence-corrected chi connectivity index (χ4v) is 6.05. The van der Waals surface area contributed by atoms with E-state index in [1.807, 2.05) is 4.72 Å². The third-order valence-electron chi connectivity index (χ3n) is 7.92. The molecule has 2 fully saturated rings. The van der Waals surface area contributed by atoms with Crippen LogP contribution in [-0.4, -0.2) is 67.5 Å². The number of hydrogen-bond donors (Lipinski definition) is 3. The number of benzene rings is 2. The summed E-state index contributed by atoms with van der Waals surface area (Å²) >= 11 is 0. The average molecular weight is 656 g/mol. The van der Waals surface area contributed by atoms with E-state index in [-0.39, 0.29) is 42.1 Å². The highest BCUT2D eigenvalue weighted by Gasteiger charge is 2.58. The van der Waals surface area contributed by atoms with Crippen molar-refractivity contribution in [1.82, 2.24) is 19.2 Å². The van der Waals surface area contributed by atoms with Crippen molar-refractivity contribution in [1.29, 1.82) is 0 Å². The minimum absolute atomic E-state index is 0.0367. The van der Waals surface area contributed by atoms with Crippen LogP contribution in [0.5, 0.6) is 0 Å². The van der Waals surface area contributed by atoms with Crippen LogP contribution < -0.4 is 14.8 Å². The number of carbonyl (C=O) groups is 4. The minimum atomic E-state index is -4.84. The van der Waals surface area contributed by atoms with Gasteiger partial charge in [0.2, 0.25) is 11.5 Å². The van der Waals surface area contributed by atoms with Gasteiger partial charge in [0.05, 0.1) is 0 Å². The van der Waals surface area contributed by atoms with Crippen molar-refractivity contribution in [3.8, 4) is 0 Å². The predicted molar refractivity (Wildman–Crippen MR) is 149 cm³/mol. The number of amides is 5. The van der Waals surface area contributed by atoms with E-state index in [0.717, 1.165) is 31.9 Å². The molecule has 0 radical (unpaired) electrons. The first-order valence-electron chi connectivity index (χ1n) is 14.0. The molecular formula is C28H29F4N5O7S. The molecule has 2 atom stereocenters. The Morgan fingerprint density at radius 2 is 1.82 bits per heavy atom. The highest BCUT2D eigenvalue weighted by atomic mass is 32.2. The highest BCUT2D eigenvalue weighted by molar-refractivity contribution is 7.88. The molecule has 1 aliphatic heterocycles. The second kappa shape index (κ2) is 11.9. The smallest absolute Gasteiger partial charge is 0.418 e. The third-order valence-corrected chi connectivity index (χ3v) is 8.93. The highest BCUT2D eigenvalue weighted by Crippen LogP contribution is 2.46. The van der Waals surface area contributed by atoms with Crippen molar-refractivity contribution in [3.63, 3.8) is 0 Å². The molecule has 45 heavy (non-hydrogen) atoms. The molecule has 1 saturated heterocycles. The number of carbonyl (C=O) groups excluding carboxylic acids is 4. The van der Waals surface area contributed by atoms with Crippen LogP contribution in [0.2, 0.25) is 0 Å². The molecule has 1 heterocycles. The fraction of sp³-hybridized carbons (Fsp3) is 0.429. The van der Waals surface area contributed by atoms with Crippen molar-refractivity contribution in [2.24, 2.45) is 5.92 Å². The van der Waals surface area contributed by atoms with Gasteiger partial charge in [0, 0.05) is 30.8 Å². The first-order chi connectivity index (χ1) is 21.1. The lowest BCUT2D eigenvalue weighted by molar-refractivity contribution is -0.187. The van der Waals surface area contributed by atoms with Crippen molar-refractivity contribution in [2.45, 2.75) is 57.0 Å². The summed E-state index contributed by atoms with van der Waals surface area (Å²) in [4.78, 5) is 52.8. The van der Waals surface area contributed by atoms with E-state index in [9.17, 15) is 45.2 Å². The van der Waals surface area contributed by atoms with Gasteiger partial charge in [-0.25, -0.2) is 23.6 Å². The maximum atomic E-state index is 13.7. The molecule has 1 unspecified atom stereocenters. The monoisotopic (exact) mass is 655 g/mol. The number of imide groups is 1. The number of nitrogens with one attached hydrogen (secondary N) is 3. The van der Waals surface area contributed by atoms with Gasteiger partial charge in [-0.1, -0.05) is 18.2 Å². The molecule has 5 amide bonds. The second-order valence-electron chi connectivity index (χ2n) is 11.2. The minimum Gasteiger partial charge on any atom is -0.427 e. The first-order valence-corrected chi connectivity index (χ1v) is 15.4. The van der Waals surface area contributed by atoms with E-state index >= 15 is 0 Å². The molecule has 2 aromatic rings. The van der Waals surface area contributed by atoms with Gasteiger partial charge in [0.15, 0.2) is 0 Å². The van der Waals surface area contributed by atoms with Gasteiger partial charge in [0.1, 0.15) is 18.4 Å². The summed E-state index contributed by atoms with van der Waals surface area (Å²) in [5, 5.41) is 2.39. The lowest BCUT2D eigenvalue weighted by Gasteiger charge is -2.31. The zero-order chi connectivity index (χ0) is 32.7. The molecule has 242 valence electrons. The van der Waals surface area contributed by atoms with Gasteiger partial charge in [-0.05, 0) is 67.5 Å². The van der Waals surface area contributed by atoms with Crippen LogP contribution in [0.4, 0.5) is 32.8 Å². The van der Waals surface area contributed by atoms with Crippen molar-refractivity contribution in [3.05, 3.63) is 65.0 Å². The molecule has 1 spiro atoms. The van der Waals surface area contributed by atoms with Gasteiger partial charge in [-0.3, -0.25) is 9.59 Å². The quantitative estimate of drug-likeness (QED) is 0.332. The number of alkyl halides is 3. The summed E-state index contributed by atoms with van der Waals surface area (Å²) in [6.07, 6.45) is -4.08. The normalized spacial score (nSPS) is 20.2. The molecule has 3 aliphatic rings. The molecule has 2 aromatic carbocycles. The second-order valence-corrected chi connectivity index (χ2v) is 12.7. The number of fused-ring (bicyclic) bond motifs is 2. The molecule has 5 rings (SSSR count). The van der Waals surface area contributed by atoms with Crippen LogP contribution in [0, 0.1) is 11.7 Å². The van der Waals surface area contributed by atoms with E-state index in [4.69, 9.17) is 4.74 Å². The molecule has 0 aromatic heterocycles. The molecule has 3 N–H and O–H groups in total. The van der Waals surface area contributed by atoms with Crippen molar-refractivity contribution < 1.29 is 49.9 Å². The van der Waals surface area contributed by atoms with Gasteiger partial charge in [-0.15, -0.1) is 0 Å². The van der Waals surface area contributed by atoms with E-state index < -0.39 is 70.9 Å². The Kier molecular flexibility index (Phi) is 8.52. The summed E-state index contributed by atoms with van der Waals surface area (Å²) in [5.74, 6) is -2.49. The topological polar surface area (TPSA) is 154 Å². The Bertz CT molecular complexity index is 1630. The lowest BCUT2D eigenvalue weighted by atomic mass is 9.94. The predicted octanol–water partition coefficient (Wildman–Crippen LogP) is 3.29. The number of nitrogens with zero attached hydrogens (tertiary/aromatic N) is 2. The summed E-state index contributed by atoms with van der Waals surface area (Å²) in [6.45, 7) is -0.621. The number of urea groups is 1. The van der Waals surface area contributed by atoms with E-state index in [1.165, 1.54) is 30.3 Å². The Balaban J connectivity index is 1.28. The van der Waals surface area contributed by atoms with Crippen LogP contribution in [-0.2, 0) is 43.1 Å². The van der Waals surface area contributed by atoms with Gasteiger partial charge < -0.3 is 15.0 Å². The van der Waals surface area contributed by atoms with E-state index in [0.29, 0.717) is 15.4 Å². The summed E-state index contributed by atoms with van der Waals surface area (Å²) in [7, 11) is -4.08. The van der Waals surface area contributed by atoms with Gasteiger partial charge in [0.25, 0.3) is 5.91 Å². The number of ether oxygens (including phenoxy) is 1. The number of rotatable bonds is 10. The van der Waals surface area contributed by atoms with Crippen LogP contribution in [0.15, 0.2) is 42.5 Å². The maximum absolute atomic E-state index is 13.7. The van der Waals surface area contributed by atoms with Crippen LogP contribution in [0.3, 0.4) is 0 Å². The number of aryl methyl sites for hydroxylation is 1. The molecule has 1 saturated carbocycles. The maximum Gasteiger partial charge on any atom is 0.418 e. The summed E-state index contributed by atoms with van der Waals surface area (Å²) in [6, 6.07) is 5.41. The number of halogens is 4. The largest absolute Gasteiger partial charge is 0.427 e. The average Bonchev–Trinajstić information content (AvgIpc) is 3.69. The van der Waals surface area contributed by atoms with E-state index in [1.54, 1.807) is 0 Å². The van der Waals surface area contributed by atoms with Crippen molar-refractivity contribution in [2.75, 3.05) is 18.4 Å². The Morgan fingerprint density at radius 3 is 2.47 bits per heavy atom. The standard InChI is InChI=1S/C28H29F4N5O7S/c1-16(28(30,31)32)36(14-18-4-6-20(29)7-5-18)23(38)15-37-24(39)27(44-26(37)41)11-10-19-12-21(8-9-22(19)27)34-25(40)35-45(42,43)33-13-17-2-3-17/h4-9,12,16-17,33H,2-3,10-11,13-15H2,1H3,(H2,34,35,40)/t16-,27?/m0/s1. The Labute approximate surface area is 255 Å². The molecule has 12 nitrogen and oxygen atoms in total. The van der Waals surface area contributed by atoms with Gasteiger partial charge in [-0.2, -0.15) is 26.3 Å². The number of hydrogen-bond acceptors (Lipinski definition) is 7. The molecule has 17 heteroatoms. The van der Waals surface area contributed by atoms with Crippen LogP contribution >= 0.6 is 0 Å². The molecular weight excluding hydrogens is 626 g/mol. The Morgan fingerprint density at radius 1 is 1.13 bits per heavy atom. The SMILES string of the molecule is C[C@H](N(Cc1ccc(F)cc1)C(=O)CN1C(=O)OC2(CCc3cc(NC(=O)NS(=O)(=O)NCC4CC4)ccc32)C1=O)C(F)(F)F. The van der Waals surface area contributed by atoms with Gasteiger partial charge >= 0.3 is 28.5 Å². The van der Waals surface area contributed by atoms with Crippen LogP contribution in [0.25, 0.3) is 0 Å². The third kappa shape index (κ3) is 7.03. The zero-order valence-electron chi connectivity index (χ0n) is 23.8. The summed E-state index contributed by atoms with van der Waals surface area (Å²) < 4.78 is 88.0. The summed E-state index contributed by atoms with van der Waals surface area (Å²) in [5.41, 5.74) is -0.710. The van der Waals surface area contributed by atoms with E-state index in [2.05, 4.69) is 10.0 Å². The first kappa shape index (κ1) is 32.2. The fourth-order valence-electron chi connectivity index (χ4n) is 5.23. The zero-order valence-corrected chi connectivity index (χ0v) is 24.6. The number of anilines is 1. The van der Waals surface area contributed by atoms with Crippen LogP contribution in [0.1, 0.15) is 42.9 Å². The van der Waals surface area contributed by atoms with Crippen molar-refractivity contribution >= 4 is 39.8 Å². The lowest BCUT2D eigenvalue weighted by Crippen LogP contribution is -2.51. The molecule has 0 bridgehead atoms.